The summed E-state index contributed by atoms with van der Waals surface area (Å²) in [6.07, 6.45) is 0. The zero-order chi connectivity index (χ0) is 16.9. The summed E-state index contributed by atoms with van der Waals surface area (Å²) in [5.41, 5.74) is 1.15. The number of hydrogen-bond donors (Lipinski definition) is 2. The van der Waals surface area contributed by atoms with Gasteiger partial charge in [-0.15, -0.1) is 0 Å². The molecule has 22 heavy (non-hydrogen) atoms. The maximum Gasteiger partial charge on any atom is 0.269 e. The number of hydroxylamine groups is 1. The van der Waals surface area contributed by atoms with Gasteiger partial charge >= 0.3 is 0 Å². The SMILES string of the molecule is CC(C)CN(CC(=O)NO)S(=O)(=O)c1ccc([N+](=O)[O-])cc1. The maximum absolute atomic E-state index is 12.5. The predicted molar refractivity (Wildman–Crippen MR) is 76.6 cm³/mol. The summed E-state index contributed by atoms with van der Waals surface area (Å²) >= 11 is 0. The fourth-order valence-electron chi connectivity index (χ4n) is 1.74. The highest BCUT2D eigenvalue weighted by molar-refractivity contribution is 7.89. The number of nitro benzene ring substituents is 1. The molecule has 0 atom stereocenters. The Morgan fingerprint density at radius 2 is 1.91 bits per heavy atom. The lowest BCUT2D eigenvalue weighted by molar-refractivity contribution is -0.384. The van der Waals surface area contributed by atoms with Gasteiger partial charge in [0.1, 0.15) is 0 Å². The zero-order valence-corrected chi connectivity index (χ0v) is 12.9. The van der Waals surface area contributed by atoms with Gasteiger partial charge in [0.15, 0.2) is 0 Å². The van der Waals surface area contributed by atoms with Crippen LogP contribution in [-0.4, -0.2) is 41.9 Å². The molecule has 0 radical (unpaired) electrons. The molecular formula is C12H17N3O6S. The Bertz CT molecular complexity index is 641. The van der Waals surface area contributed by atoms with Gasteiger partial charge < -0.3 is 0 Å². The first kappa shape index (κ1) is 18.0. The average Bonchev–Trinajstić information content (AvgIpc) is 2.45. The van der Waals surface area contributed by atoms with Gasteiger partial charge in [0, 0.05) is 18.7 Å². The molecule has 0 heterocycles. The Kier molecular flexibility index (Phi) is 5.97. The van der Waals surface area contributed by atoms with Crippen molar-refractivity contribution in [3.8, 4) is 0 Å². The Balaban J connectivity index is 3.14. The minimum Gasteiger partial charge on any atom is -0.289 e. The van der Waals surface area contributed by atoms with Crippen LogP contribution in [0.25, 0.3) is 0 Å². The Morgan fingerprint density at radius 3 is 2.32 bits per heavy atom. The highest BCUT2D eigenvalue weighted by Gasteiger charge is 2.27. The summed E-state index contributed by atoms with van der Waals surface area (Å²) in [6.45, 7) is 3.06. The van der Waals surface area contributed by atoms with Crippen LogP contribution < -0.4 is 5.48 Å². The number of hydrogen-bond acceptors (Lipinski definition) is 6. The Labute approximate surface area is 127 Å². The second-order valence-corrected chi connectivity index (χ2v) is 6.92. The first-order chi connectivity index (χ1) is 10.2. The van der Waals surface area contributed by atoms with Crippen LogP contribution in [0, 0.1) is 16.0 Å². The van der Waals surface area contributed by atoms with Gasteiger partial charge in [0.05, 0.1) is 16.4 Å². The van der Waals surface area contributed by atoms with Gasteiger partial charge in [-0.25, -0.2) is 13.9 Å². The van der Waals surface area contributed by atoms with E-state index >= 15 is 0 Å². The van der Waals surface area contributed by atoms with E-state index in [1.165, 1.54) is 5.48 Å². The normalized spacial score (nSPS) is 11.7. The van der Waals surface area contributed by atoms with Gasteiger partial charge in [-0.05, 0) is 18.1 Å². The second kappa shape index (κ2) is 7.29. The molecule has 0 fully saturated rings. The third kappa shape index (κ3) is 4.48. The molecule has 0 aromatic heterocycles. The molecule has 1 rings (SSSR count). The van der Waals surface area contributed by atoms with E-state index in [4.69, 9.17) is 5.21 Å². The molecule has 2 N–H and O–H groups in total. The number of carbonyl (C=O) groups is 1. The molecule has 0 unspecified atom stereocenters. The van der Waals surface area contributed by atoms with Crippen LogP contribution in [0.2, 0.25) is 0 Å². The molecule has 10 heteroatoms. The second-order valence-electron chi connectivity index (χ2n) is 4.98. The number of amides is 1. The minimum absolute atomic E-state index is 0.0562. The van der Waals surface area contributed by atoms with Crippen LogP contribution in [0.1, 0.15) is 13.8 Å². The van der Waals surface area contributed by atoms with Crippen molar-refractivity contribution in [3.63, 3.8) is 0 Å². The Hall–Kier alpha value is -2.04. The topological polar surface area (TPSA) is 130 Å². The van der Waals surface area contributed by atoms with Crippen molar-refractivity contribution in [2.45, 2.75) is 18.7 Å². The maximum atomic E-state index is 12.5. The standard InChI is InChI=1S/C12H17N3O6S/c1-9(2)7-14(8-12(16)13-17)22(20,21)11-5-3-10(4-6-11)15(18)19/h3-6,9,17H,7-8H2,1-2H3,(H,13,16). The number of nitro groups is 1. The summed E-state index contributed by atoms with van der Waals surface area (Å²) in [5.74, 6) is -0.926. The fourth-order valence-corrected chi connectivity index (χ4v) is 3.30. The molecule has 1 amide bonds. The largest absolute Gasteiger partial charge is 0.289 e. The molecule has 0 saturated heterocycles. The van der Waals surface area contributed by atoms with Crippen molar-refractivity contribution in [1.82, 2.24) is 9.79 Å². The number of non-ortho nitro benzene ring substituents is 1. The van der Waals surface area contributed by atoms with Crippen LogP contribution >= 0.6 is 0 Å². The van der Waals surface area contributed by atoms with Crippen LogP contribution in [0.15, 0.2) is 29.2 Å². The van der Waals surface area contributed by atoms with Gasteiger partial charge in [-0.1, -0.05) is 13.8 Å². The molecule has 0 aliphatic carbocycles. The third-order valence-electron chi connectivity index (χ3n) is 2.70. The first-order valence-corrected chi connectivity index (χ1v) is 7.80. The summed E-state index contributed by atoms with van der Waals surface area (Å²) in [5, 5.41) is 19.1. The van der Waals surface area contributed by atoms with Gasteiger partial charge in [-0.2, -0.15) is 4.31 Å². The van der Waals surface area contributed by atoms with Crippen LogP contribution in [-0.2, 0) is 14.8 Å². The molecule has 9 nitrogen and oxygen atoms in total. The average molecular weight is 331 g/mol. The molecule has 122 valence electrons. The minimum atomic E-state index is -4.00. The highest BCUT2D eigenvalue weighted by atomic mass is 32.2. The smallest absolute Gasteiger partial charge is 0.269 e. The number of rotatable bonds is 7. The lowest BCUT2D eigenvalue weighted by Gasteiger charge is -2.22. The lowest BCUT2D eigenvalue weighted by Crippen LogP contribution is -2.41. The number of nitrogens with zero attached hydrogens (tertiary/aromatic N) is 2. The fraction of sp³-hybridized carbons (Fsp3) is 0.417. The summed E-state index contributed by atoms with van der Waals surface area (Å²) in [4.78, 5) is 21.1. The van der Waals surface area contributed by atoms with E-state index in [1.807, 2.05) is 0 Å². The van der Waals surface area contributed by atoms with E-state index in [9.17, 15) is 23.3 Å². The lowest BCUT2D eigenvalue weighted by atomic mass is 10.2. The quantitative estimate of drug-likeness (QED) is 0.431. The number of benzene rings is 1. The summed E-state index contributed by atoms with van der Waals surface area (Å²) in [6, 6.07) is 4.37. The van der Waals surface area contributed by atoms with Crippen molar-refractivity contribution in [2.24, 2.45) is 5.92 Å². The van der Waals surface area contributed by atoms with Gasteiger partial charge in [0.2, 0.25) is 10.0 Å². The van der Waals surface area contributed by atoms with Crippen molar-refractivity contribution in [1.29, 1.82) is 0 Å². The van der Waals surface area contributed by atoms with Crippen LogP contribution in [0.4, 0.5) is 5.69 Å². The first-order valence-electron chi connectivity index (χ1n) is 6.36. The van der Waals surface area contributed by atoms with Crippen molar-refractivity contribution in [3.05, 3.63) is 34.4 Å². The van der Waals surface area contributed by atoms with E-state index in [-0.39, 0.29) is 23.0 Å². The van der Waals surface area contributed by atoms with Crippen molar-refractivity contribution < 1.29 is 23.3 Å². The monoisotopic (exact) mass is 331 g/mol. The van der Waals surface area contributed by atoms with Crippen LogP contribution in [0.5, 0.6) is 0 Å². The third-order valence-corrected chi connectivity index (χ3v) is 4.52. The Morgan fingerprint density at radius 1 is 1.36 bits per heavy atom. The zero-order valence-electron chi connectivity index (χ0n) is 12.1. The van der Waals surface area contributed by atoms with Gasteiger partial charge in [0.25, 0.3) is 11.6 Å². The molecule has 0 bridgehead atoms. The molecule has 0 spiro atoms. The molecule has 0 saturated carbocycles. The van der Waals surface area contributed by atoms with E-state index in [0.29, 0.717) is 0 Å². The van der Waals surface area contributed by atoms with Crippen molar-refractivity contribution >= 4 is 21.6 Å². The van der Waals surface area contributed by atoms with Gasteiger partial charge in [-0.3, -0.25) is 20.1 Å². The number of carbonyl (C=O) groups excluding carboxylic acids is 1. The van der Waals surface area contributed by atoms with E-state index < -0.39 is 27.4 Å². The molecular weight excluding hydrogens is 314 g/mol. The molecule has 0 aliphatic rings. The van der Waals surface area contributed by atoms with E-state index in [1.54, 1.807) is 13.8 Å². The predicted octanol–water partition coefficient (Wildman–Crippen LogP) is 0.747. The summed E-state index contributed by atoms with van der Waals surface area (Å²) in [7, 11) is -4.00. The van der Waals surface area contributed by atoms with E-state index in [0.717, 1.165) is 28.6 Å². The molecule has 1 aromatic rings. The number of sulfonamides is 1. The number of nitrogens with one attached hydrogen (secondary N) is 1. The van der Waals surface area contributed by atoms with Crippen molar-refractivity contribution in [2.75, 3.05) is 13.1 Å². The van der Waals surface area contributed by atoms with E-state index in [2.05, 4.69) is 0 Å². The van der Waals surface area contributed by atoms with Crippen LogP contribution in [0.3, 0.4) is 0 Å². The molecule has 1 aromatic carbocycles. The summed E-state index contributed by atoms with van der Waals surface area (Å²) < 4.78 is 25.9. The molecule has 0 aliphatic heterocycles. The highest BCUT2D eigenvalue weighted by Crippen LogP contribution is 2.20.